The van der Waals surface area contributed by atoms with Crippen LogP contribution in [0.25, 0.3) is 16.7 Å². The second kappa shape index (κ2) is 10.2. The van der Waals surface area contributed by atoms with Crippen LogP contribution in [0.15, 0.2) is 53.1 Å². The van der Waals surface area contributed by atoms with Gasteiger partial charge in [-0.2, -0.15) is 4.98 Å². The van der Waals surface area contributed by atoms with Crippen molar-refractivity contribution in [3.05, 3.63) is 53.5 Å². The number of hydrogen-bond donors (Lipinski definition) is 1. The van der Waals surface area contributed by atoms with Crippen molar-refractivity contribution in [1.29, 1.82) is 0 Å². The third-order valence-electron chi connectivity index (χ3n) is 4.18. The molecule has 0 unspecified atom stereocenters. The number of thioether (sulfide) groups is 1. The van der Waals surface area contributed by atoms with Crippen molar-refractivity contribution >= 4 is 28.7 Å². The highest BCUT2D eigenvalue weighted by Crippen LogP contribution is 2.21. The summed E-state index contributed by atoms with van der Waals surface area (Å²) >= 11 is 1.37. The fourth-order valence-electron chi connectivity index (χ4n) is 2.72. The Morgan fingerprint density at radius 3 is 2.80 bits per heavy atom. The minimum Gasteiger partial charge on any atom is -0.489 e. The Balaban J connectivity index is 2.14. The summed E-state index contributed by atoms with van der Waals surface area (Å²) in [5.41, 5.74) is 0.588. The van der Waals surface area contributed by atoms with Gasteiger partial charge in [0.25, 0.3) is 5.56 Å². The van der Waals surface area contributed by atoms with Crippen molar-refractivity contribution in [2.24, 2.45) is 0 Å². The van der Waals surface area contributed by atoms with Gasteiger partial charge in [-0.1, -0.05) is 30.5 Å². The van der Waals surface area contributed by atoms with Crippen molar-refractivity contribution in [2.45, 2.75) is 11.4 Å². The number of aromatic nitrogens is 4. The van der Waals surface area contributed by atoms with E-state index in [4.69, 9.17) is 14.2 Å². The van der Waals surface area contributed by atoms with Crippen LogP contribution < -0.4 is 15.6 Å². The Kier molecular flexibility index (Phi) is 7.39. The number of methoxy groups -OCH3 is 2. The molecule has 1 aromatic carbocycles. The largest absolute Gasteiger partial charge is 0.489 e. The molecule has 1 N–H and O–H groups in total. The van der Waals surface area contributed by atoms with E-state index in [2.05, 4.69) is 26.8 Å². The van der Waals surface area contributed by atoms with E-state index >= 15 is 0 Å². The quantitative estimate of drug-likeness (QED) is 0.225. The van der Waals surface area contributed by atoms with Crippen molar-refractivity contribution < 1.29 is 14.2 Å². The van der Waals surface area contributed by atoms with E-state index in [9.17, 15) is 4.79 Å². The molecule has 0 atom stereocenters. The summed E-state index contributed by atoms with van der Waals surface area (Å²) in [4.78, 5) is 26.5. The van der Waals surface area contributed by atoms with Gasteiger partial charge in [0.05, 0.1) is 12.2 Å². The molecule has 0 aliphatic rings. The van der Waals surface area contributed by atoms with E-state index < -0.39 is 6.29 Å². The molecule has 0 amide bonds. The van der Waals surface area contributed by atoms with E-state index in [-0.39, 0.29) is 12.1 Å². The van der Waals surface area contributed by atoms with Gasteiger partial charge in [-0.3, -0.25) is 4.79 Å². The normalized spacial score (nSPS) is 11.1. The highest BCUT2D eigenvalue weighted by atomic mass is 32.2. The van der Waals surface area contributed by atoms with Crippen LogP contribution in [0.5, 0.6) is 5.75 Å². The third-order valence-corrected chi connectivity index (χ3v) is 4.74. The van der Waals surface area contributed by atoms with Gasteiger partial charge in [-0.15, -0.1) is 0 Å². The number of ether oxygens (including phenoxy) is 3. The van der Waals surface area contributed by atoms with Crippen molar-refractivity contribution in [3.8, 4) is 11.4 Å². The second-order valence-corrected chi connectivity index (χ2v) is 6.82. The zero-order valence-corrected chi connectivity index (χ0v) is 17.8. The fourth-order valence-corrected chi connectivity index (χ4v) is 3.06. The lowest BCUT2D eigenvalue weighted by molar-refractivity contribution is -0.0915. The first-order valence-corrected chi connectivity index (χ1v) is 10.3. The van der Waals surface area contributed by atoms with E-state index in [1.165, 1.54) is 36.7 Å². The Bertz CT molecular complexity index is 1080. The molecule has 0 aliphatic carbocycles. The minimum atomic E-state index is -0.513. The maximum absolute atomic E-state index is 13.3. The Morgan fingerprint density at radius 1 is 1.30 bits per heavy atom. The molecule has 0 radical (unpaired) electrons. The van der Waals surface area contributed by atoms with Crippen LogP contribution in [-0.4, -0.2) is 59.4 Å². The standard InChI is InChI=1S/C20H23N5O4S/c1-5-9-29-14-8-6-7-13(10-14)25-18(26)15-11-22-20(30-4)24-17(15)23-19(25)21-12-16(27-2)28-3/h5-8,10-11,16H,1,9,12H2,2-4H3,(H,21,22,23,24). The average molecular weight is 430 g/mol. The summed E-state index contributed by atoms with van der Waals surface area (Å²) in [6, 6.07) is 7.15. The summed E-state index contributed by atoms with van der Waals surface area (Å²) in [5.74, 6) is 0.907. The van der Waals surface area contributed by atoms with Crippen LogP contribution in [0, 0.1) is 0 Å². The molecule has 0 bridgehead atoms. The SMILES string of the molecule is C=CCOc1cccc(-n2c(NCC(OC)OC)nc3nc(SC)ncc3c2=O)c1. The van der Waals surface area contributed by atoms with Crippen LogP contribution in [0.4, 0.5) is 5.95 Å². The van der Waals surface area contributed by atoms with Crippen LogP contribution in [-0.2, 0) is 9.47 Å². The van der Waals surface area contributed by atoms with Crippen LogP contribution in [0.1, 0.15) is 0 Å². The number of fused-ring (bicyclic) bond motifs is 1. The number of anilines is 1. The van der Waals surface area contributed by atoms with Crippen molar-refractivity contribution in [3.63, 3.8) is 0 Å². The molecular weight excluding hydrogens is 406 g/mol. The maximum Gasteiger partial charge on any atom is 0.270 e. The summed E-state index contributed by atoms with van der Waals surface area (Å²) in [7, 11) is 3.07. The van der Waals surface area contributed by atoms with Gasteiger partial charge in [0, 0.05) is 26.5 Å². The van der Waals surface area contributed by atoms with Gasteiger partial charge < -0.3 is 19.5 Å². The van der Waals surface area contributed by atoms with Crippen molar-refractivity contribution in [2.75, 3.05) is 38.9 Å². The Labute approximate surface area is 178 Å². The summed E-state index contributed by atoms with van der Waals surface area (Å²) in [5, 5.41) is 3.97. The molecule has 3 rings (SSSR count). The molecule has 30 heavy (non-hydrogen) atoms. The van der Waals surface area contributed by atoms with E-state index in [0.29, 0.717) is 40.2 Å². The van der Waals surface area contributed by atoms with E-state index in [0.717, 1.165) is 0 Å². The number of benzene rings is 1. The highest BCUT2D eigenvalue weighted by molar-refractivity contribution is 7.98. The van der Waals surface area contributed by atoms with Crippen molar-refractivity contribution in [1.82, 2.24) is 19.5 Å². The molecule has 3 aromatic rings. The van der Waals surface area contributed by atoms with Gasteiger partial charge in [0.2, 0.25) is 5.95 Å². The molecule has 2 aromatic heterocycles. The van der Waals surface area contributed by atoms with Gasteiger partial charge in [-0.25, -0.2) is 14.5 Å². The Morgan fingerprint density at radius 2 is 2.10 bits per heavy atom. The summed E-state index contributed by atoms with van der Waals surface area (Å²) in [6.07, 6.45) is 4.49. The first kappa shape index (κ1) is 21.8. The molecule has 158 valence electrons. The van der Waals surface area contributed by atoms with Gasteiger partial charge >= 0.3 is 0 Å². The highest BCUT2D eigenvalue weighted by Gasteiger charge is 2.16. The van der Waals surface area contributed by atoms with Gasteiger partial charge in [0.15, 0.2) is 17.1 Å². The Hall–Kier alpha value is -2.95. The molecule has 0 spiro atoms. The van der Waals surface area contributed by atoms with Crippen LogP contribution in [0.2, 0.25) is 0 Å². The maximum atomic E-state index is 13.3. The van der Waals surface area contributed by atoms with E-state index in [1.807, 2.05) is 6.26 Å². The molecule has 0 saturated carbocycles. The minimum absolute atomic E-state index is 0.276. The fraction of sp³-hybridized carbons (Fsp3) is 0.300. The topological polar surface area (TPSA) is 100 Å². The van der Waals surface area contributed by atoms with Gasteiger partial charge in [-0.05, 0) is 18.4 Å². The lowest BCUT2D eigenvalue weighted by Gasteiger charge is -2.18. The number of nitrogens with one attached hydrogen (secondary N) is 1. The first-order chi connectivity index (χ1) is 14.6. The lowest BCUT2D eigenvalue weighted by Crippen LogP contribution is -2.29. The predicted octanol–water partition coefficient (Wildman–Crippen LogP) is 2.49. The molecule has 0 saturated heterocycles. The predicted molar refractivity (Wildman–Crippen MR) is 117 cm³/mol. The molecule has 10 heteroatoms. The second-order valence-electron chi connectivity index (χ2n) is 6.05. The molecule has 0 aliphatic heterocycles. The number of nitrogens with zero attached hydrogens (tertiary/aromatic N) is 4. The summed E-state index contributed by atoms with van der Waals surface area (Å²) in [6.45, 7) is 4.28. The molecular formula is C20H23N5O4S. The van der Waals surface area contributed by atoms with E-state index in [1.54, 1.807) is 30.3 Å². The van der Waals surface area contributed by atoms with Gasteiger partial charge in [0.1, 0.15) is 17.7 Å². The smallest absolute Gasteiger partial charge is 0.270 e. The molecule has 9 nitrogen and oxygen atoms in total. The molecule has 0 fully saturated rings. The zero-order valence-electron chi connectivity index (χ0n) is 17.0. The molecule has 2 heterocycles. The average Bonchev–Trinajstić information content (AvgIpc) is 2.78. The first-order valence-electron chi connectivity index (χ1n) is 9.08. The summed E-state index contributed by atoms with van der Waals surface area (Å²) < 4.78 is 17.5. The zero-order chi connectivity index (χ0) is 21.5. The lowest BCUT2D eigenvalue weighted by atomic mass is 10.3. The monoisotopic (exact) mass is 429 g/mol. The third kappa shape index (κ3) is 4.78. The van der Waals surface area contributed by atoms with Crippen LogP contribution in [0.3, 0.4) is 0 Å². The number of rotatable bonds is 10. The van der Waals surface area contributed by atoms with Crippen LogP contribution >= 0.6 is 11.8 Å². The number of hydrogen-bond acceptors (Lipinski definition) is 9.